The van der Waals surface area contributed by atoms with Crippen molar-refractivity contribution in [2.45, 2.75) is 32.5 Å². The first kappa shape index (κ1) is 19.6. The number of alkyl carbamates (subject to hydrolysis) is 1. The molecular formula is C23H29N3O3. The van der Waals surface area contributed by atoms with E-state index in [2.05, 4.69) is 47.6 Å². The van der Waals surface area contributed by atoms with Crippen LogP contribution in [0.3, 0.4) is 0 Å². The maximum Gasteiger partial charge on any atom is 0.407 e. The highest BCUT2D eigenvalue weighted by Crippen LogP contribution is 2.38. The summed E-state index contributed by atoms with van der Waals surface area (Å²) in [4.78, 5) is 14.9. The van der Waals surface area contributed by atoms with E-state index in [9.17, 15) is 4.79 Å². The Balaban J connectivity index is 1.50. The van der Waals surface area contributed by atoms with Crippen LogP contribution < -0.4 is 15.5 Å². The minimum absolute atomic E-state index is 0.106. The maximum atomic E-state index is 12.6. The lowest BCUT2D eigenvalue weighted by Gasteiger charge is -2.38. The van der Waals surface area contributed by atoms with Gasteiger partial charge < -0.3 is 25.0 Å². The van der Waals surface area contributed by atoms with Gasteiger partial charge in [-0.1, -0.05) is 37.3 Å². The van der Waals surface area contributed by atoms with Crippen molar-refractivity contribution in [3.8, 4) is 0 Å². The van der Waals surface area contributed by atoms with E-state index < -0.39 is 0 Å². The molecule has 2 aromatic carbocycles. The third-order valence-electron chi connectivity index (χ3n) is 5.93. The van der Waals surface area contributed by atoms with Gasteiger partial charge in [0.25, 0.3) is 0 Å². The Hall–Kier alpha value is -2.73. The molecule has 2 aromatic rings. The van der Waals surface area contributed by atoms with Crippen LogP contribution in [-0.2, 0) is 16.1 Å². The van der Waals surface area contributed by atoms with Gasteiger partial charge in [0.15, 0.2) is 0 Å². The number of rotatable bonds is 4. The number of amides is 1. The second kappa shape index (κ2) is 8.74. The average Bonchev–Trinajstić information content (AvgIpc) is 2.76. The molecule has 3 atom stereocenters. The molecule has 2 aliphatic rings. The Morgan fingerprint density at radius 1 is 1.17 bits per heavy atom. The average molecular weight is 396 g/mol. The standard InChI is InChI=1S/C23H29N3O3/c1-16-17(2)24-21-9-8-19(26-10-12-28-13-11-26)14-20(21)22(16)25-23(27)29-15-18-6-4-3-5-7-18/h3-9,14,16-17,22,24H,10-13,15H2,1-2H3,(H,25,27). The summed E-state index contributed by atoms with van der Waals surface area (Å²) in [7, 11) is 0. The number of carbonyl (C=O) groups is 1. The number of ether oxygens (including phenoxy) is 2. The molecule has 154 valence electrons. The van der Waals surface area contributed by atoms with Gasteiger partial charge in [0, 0.05) is 42.0 Å². The van der Waals surface area contributed by atoms with Crippen LogP contribution in [0.15, 0.2) is 48.5 Å². The van der Waals surface area contributed by atoms with Crippen molar-refractivity contribution in [3.63, 3.8) is 0 Å². The summed E-state index contributed by atoms with van der Waals surface area (Å²) >= 11 is 0. The second-order valence-electron chi connectivity index (χ2n) is 7.85. The Labute approximate surface area is 172 Å². The quantitative estimate of drug-likeness (QED) is 0.821. The normalized spacial score (nSPS) is 23.7. The van der Waals surface area contributed by atoms with Gasteiger partial charge in [-0.2, -0.15) is 0 Å². The van der Waals surface area contributed by atoms with Gasteiger partial charge in [0.2, 0.25) is 0 Å². The van der Waals surface area contributed by atoms with Crippen LogP contribution in [0, 0.1) is 5.92 Å². The Morgan fingerprint density at radius 3 is 2.69 bits per heavy atom. The van der Waals surface area contributed by atoms with Crippen LogP contribution in [0.4, 0.5) is 16.2 Å². The van der Waals surface area contributed by atoms with Gasteiger partial charge in [-0.05, 0) is 30.7 Å². The summed E-state index contributed by atoms with van der Waals surface area (Å²) in [6, 6.07) is 16.3. The fourth-order valence-electron chi connectivity index (χ4n) is 4.01. The van der Waals surface area contributed by atoms with E-state index in [-0.39, 0.29) is 30.7 Å². The van der Waals surface area contributed by atoms with Crippen molar-refractivity contribution in [1.29, 1.82) is 0 Å². The molecule has 0 aliphatic carbocycles. The van der Waals surface area contributed by atoms with Crippen LogP contribution in [0.25, 0.3) is 0 Å². The summed E-state index contributed by atoms with van der Waals surface area (Å²) in [5.41, 5.74) is 4.32. The third kappa shape index (κ3) is 4.48. The van der Waals surface area contributed by atoms with Gasteiger partial charge in [-0.3, -0.25) is 0 Å². The smallest absolute Gasteiger partial charge is 0.407 e. The molecule has 2 aliphatic heterocycles. The van der Waals surface area contributed by atoms with Crippen molar-refractivity contribution in [3.05, 3.63) is 59.7 Å². The van der Waals surface area contributed by atoms with Crippen molar-refractivity contribution in [2.75, 3.05) is 36.5 Å². The fraction of sp³-hybridized carbons (Fsp3) is 0.435. The molecule has 1 fully saturated rings. The van der Waals surface area contributed by atoms with Gasteiger partial charge in [-0.15, -0.1) is 0 Å². The van der Waals surface area contributed by atoms with E-state index >= 15 is 0 Å². The number of fused-ring (bicyclic) bond motifs is 1. The number of anilines is 2. The van der Waals surface area contributed by atoms with E-state index in [0.717, 1.165) is 43.1 Å². The molecule has 1 saturated heterocycles. The van der Waals surface area contributed by atoms with Crippen LogP contribution in [-0.4, -0.2) is 38.4 Å². The number of hydrogen-bond acceptors (Lipinski definition) is 5. The SMILES string of the molecule is CC1Nc2ccc(N3CCOCC3)cc2C(NC(=O)OCc2ccccc2)C1C. The zero-order valence-electron chi connectivity index (χ0n) is 17.1. The van der Waals surface area contributed by atoms with Crippen LogP contribution in [0.1, 0.15) is 31.0 Å². The third-order valence-corrected chi connectivity index (χ3v) is 5.93. The lowest BCUT2D eigenvalue weighted by molar-refractivity contribution is 0.122. The number of morpholine rings is 1. The molecule has 2 heterocycles. The minimum atomic E-state index is -0.387. The number of nitrogens with one attached hydrogen (secondary N) is 2. The first-order valence-corrected chi connectivity index (χ1v) is 10.3. The highest BCUT2D eigenvalue weighted by atomic mass is 16.5. The number of carbonyl (C=O) groups excluding carboxylic acids is 1. The van der Waals surface area contributed by atoms with E-state index in [0.29, 0.717) is 0 Å². The zero-order valence-corrected chi connectivity index (χ0v) is 17.1. The van der Waals surface area contributed by atoms with Crippen molar-refractivity contribution in [2.24, 2.45) is 5.92 Å². The van der Waals surface area contributed by atoms with Gasteiger partial charge in [-0.25, -0.2) is 4.79 Å². The maximum absolute atomic E-state index is 12.6. The molecule has 0 bridgehead atoms. The molecule has 0 radical (unpaired) electrons. The molecule has 0 saturated carbocycles. The van der Waals surface area contributed by atoms with E-state index in [1.807, 2.05) is 30.3 Å². The molecular weight excluding hydrogens is 366 g/mol. The predicted octanol–water partition coefficient (Wildman–Crippen LogP) is 3.94. The summed E-state index contributed by atoms with van der Waals surface area (Å²) in [5.74, 6) is 0.228. The summed E-state index contributed by atoms with van der Waals surface area (Å²) in [5, 5.41) is 6.68. The summed E-state index contributed by atoms with van der Waals surface area (Å²) in [6.07, 6.45) is -0.387. The largest absolute Gasteiger partial charge is 0.445 e. The molecule has 3 unspecified atom stereocenters. The topological polar surface area (TPSA) is 62.8 Å². The minimum Gasteiger partial charge on any atom is -0.445 e. The molecule has 4 rings (SSSR count). The van der Waals surface area contributed by atoms with Crippen LogP contribution >= 0.6 is 0 Å². The predicted molar refractivity (Wildman–Crippen MR) is 114 cm³/mol. The second-order valence-corrected chi connectivity index (χ2v) is 7.85. The molecule has 0 aromatic heterocycles. The van der Waals surface area contributed by atoms with Crippen molar-refractivity contribution >= 4 is 17.5 Å². The van der Waals surface area contributed by atoms with Gasteiger partial charge >= 0.3 is 6.09 Å². The zero-order chi connectivity index (χ0) is 20.2. The Morgan fingerprint density at radius 2 is 1.93 bits per heavy atom. The highest BCUT2D eigenvalue weighted by Gasteiger charge is 2.33. The number of hydrogen-bond donors (Lipinski definition) is 2. The lowest BCUT2D eigenvalue weighted by atomic mass is 9.84. The van der Waals surface area contributed by atoms with E-state index in [1.54, 1.807) is 0 Å². The van der Waals surface area contributed by atoms with Gasteiger partial charge in [0.05, 0.1) is 19.3 Å². The van der Waals surface area contributed by atoms with Crippen molar-refractivity contribution in [1.82, 2.24) is 5.32 Å². The fourth-order valence-corrected chi connectivity index (χ4v) is 4.01. The monoisotopic (exact) mass is 395 g/mol. The Kier molecular flexibility index (Phi) is 5.90. The molecule has 6 nitrogen and oxygen atoms in total. The number of nitrogens with zero attached hydrogens (tertiary/aromatic N) is 1. The first-order chi connectivity index (χ1) is 14.1. The van der Waals surface area contributed by atoms with E-state index in [4.69, 9.17) is 9.47 Å². The molecule has 1 amide bonds. The summed E-state index contributed by atoms with van der Waals surface area (Å²) in [6.45, 7) is 7.83. The molecule has 29 heavy (non-hydrogen) atoms. The first-order valence-electron chi connectivity index (χ1n) is 10.3. The Bertz CT molecular complexity index is 837. The van der Waals surface area contributed by atoms with E-state index in [1.165, 1.54) is 5.69 Å². The number of benzene rings is 2. The molecule has 6 heteroatoms. The van der Waals surface area contributed by atoms with Crippen LogP contribution in [0.5, 0.6) is 0 Å². The summed E-state index contributed by atoms with van der Waals surface area (Å²) < 4.78 is 11.0. The molecule has 2 N–H and O–H groups in total. The van der Waals surface area contributed by atoms with Crippen molar-refractivity contribution < 1.29 is 14.3 Å². The lowest BCUT2D eigenvalue weighted by Crippen LogP contribution is -2.43. The highest BCUT2D eigenvalue weighted by molar-refractivity contribution is 5.71. The van der Waals surface area contributed by atoms with Gasteiger partial charge in [0.1, 0.15) is 6.61 Å². The molecule has 0 spiro atoms. The van der Waals surface area contributed by atoms with Crippen LogP contribution in [0.2, 0.25) is 0 Å².